The fraction of sp³-hybridized carbons (Fsp3) is 0.125. The van der Waals surface area contributed by atoms with Crippen molar-refractivity contribution in [3.8, 4) is 11.8 Å². The summed E-state index contributed by atoms with van der Waals surface area (Å²) >= 11 is 1.57. The largest absolute Gasteiger partial charge is 0.380 e. The summed E-state index contributed by atoms with van der Waals surface area (Å²) in [6.07, 6.45) is 4.21. The van der Waals surface area contributed by atoms with E-state index in [2.05, 4.69) is 21.4 Å². The highest BCUT2D eigenvalue weighted by Crippen LogP contribution is 2.30. The molecule has 0 saturated carbocycles. The molecule has 0 aliphatic rings. The van der Waals surface area contributed by atoms with Gasteiger partial charge in [-0.25, -0.2) is 9.67 Å². The Morgan fingerprint density at radius 2 is 2.25 bits per heavy atom. The molecule has 0 bridgehead atoms. The number of fused-ring (bicyclic) bond motifs is 1. The lowest BCUT2D eigenvalue weighted by Crippen LogP contribution is -2.05. The quantitative estimate of drug-likeness (QED) is 0.619. The Balaban J connectivity index is 1.73. The van der Waals surface area contributed by atoms with Crippen LogP contribution < -0.4 is 0 Å². The molecule has 4 aromatic rings. The van der Waals surface area contributed by atoms with Gasteiger partial charge in [-0.05, 0) is 25.1 Å². The summed E-state index contributed by atoms with van der Waals surface area (Å²) in [4.78, 5) is 6.07. The normalized spacial score (nSPS) is 12.4. The summed E-state index contributed by atoms with van der Waals surface area (Å²) in [7, 11) is 0. The first-order chi connectivity index (χ1) is 11.7. The fourth-order valence-corrected chi connectivity index (χ4v) is 3.61. The monoisotopic (exact) mass is 336 g/mol. The SMILES string of the molecule is Cc1sc2cncn2c1C(O)c1cn(-c2cccc(C#N)c2)nn1. The van der Waals surface area contributed by atoms with Crippen molar-refractivity contribution in [3.63, 3.8) is 0 Å². The Hall–Kier alpha value is -3.02. The number of rotatable bonds is 3. The third-order valence-electron chi connectivity index (χ3n) is 3.77. The second-order valence-electron chi connectivity index (χ2n) is 5.30. The number of aliphatic hydroxyl groups excluding tert-OH is 1. The average molecular weight is 336 g/mol. The van der Waals surface area contributed by atoms with Crippen LogP contribution >= 0.6 is 11.3 Å². The third kappa shape index (κ3) is 2.27. The number of hydrogen-bond donors (Lipinski definition) is 1. The van der Waals surface area contributed by atoms with Crippen molar-refractivity contribution in [3.05, 3.63) is 64.8 Å². The van der Waals surface area contributed by atoms with Gasteiger partial charge in [-0.2, -0.15) is 5.26 Å². The van der Waals surface area contributed by atoms with E-state index in [1.807, 2.05) is 17.4 Å². The molecular formula is C16H12N6OS. The predicted octanol–water partition coefficient (Wildman–Crippen LogP) is 2.24. The van der Waals surface area contributed by atoms with Crippen LogP contribution in [0.1, 0.15) is 27.9 Å². The molecule has 0 aliphatic carbocycles. The van der Waals surface area contributed by atoms with Gasteiger partial charge < -0.3 is 5.11 Å². The van der Waals surface area contributed by atoms with Gasteiger partial charge in [0, 0.05) is 4.88 Å². The highest BCUT2D eigenvalue weighted by Gasteiger charge is 2.22. The van der Waals surface area contributed by atoms with Crippen LogP contribution in [-0.2, 0) is 0 Å². The molecular weight excluding hydrogens is 324 g/mol. The van der Waals surface area contributed by atoms with E-state index in [-0.39, 0.29) is 0 Å². The highest BCUT2D eigenvalue weighted by atomic mass is 32.1. The van der Waals surface area contributed by atoms with Crippen molar-refractivity contribution in [1.29, 1.82) is 5.26 Å². The van der Waals surface area contributed by atoms with Crippen LogP contribution in [0, 0.1) is 18.3 Å². The number of benzene rings is 1. The number of nitrogens with zero attached hydrogens (tertiary/aromatic N) is 6. The summed E-state index contributed by atoms with van der Waals surface area (Å²) in [5, 5.41) is 27.9. The van der Waals surface area contributed by atoms with Crippen molar-refractivity contribution < 1.29 is 5.11 Å². The van der Waals surface area contributed by atoms with Gasteiger partial charge in [-0.1, -0.05) is 11.3 Å². The molecule has 24 heavy (non-hydrogen) atoms. The van der Waals surface area contributed by atoms with Gasteiger partial charge in [-0.3, -0.25) is 4.40 Å². The van der Waals surface area contributed by atoms with Gasteiger partial charge in [-0.15, -0.1) is 16.4 Å². The van der Waals surface area contributed by atoms with Gasteiger partial charge in [0.05, 0.1) is 35.4 Å². The molecule has 3 aromatic heterocycles. The van der Waals surface area contributed by atoms with E-state index < -0.39 is 6.10 Å². The number of thiazole rings is 1. The molecule has 3 heterocycles. The fourth-order valence-electron chi connectivity index (χ4n) is 2.63. The molecule has 1 N–H and O–H groups in total. The molecule has 0 aliphatic heterocycles. The summed E-state index contributed by atoms with van der Waals surface area (Å²) in [5.74, 6) is 0. The molecule has 4 rings (SSSR count). The van der Waals surface area contributed by atoms with Crippen LogP contribution in [0.25, 0.3) is 10.5 Å². The second-order valence-corrected chi connectivity index (χ2v) is 6.53. The van der Waals surface area contributed by atoms with E-state index in [1.165, 1.54) is 0 Å². The smallest absolute Gasteiger partial charge is 0.141 e. The van der Waals surface area contributed by atoms with Crippen molar-refractivity contribution in [2.24, 2.45) is 0 Å². The van der Waals surface area contributed by atoms with Crippen molar-refractivity contribution in [2.45, 2.75) is 13.0 Å². The maximum atomic E-state index is 10.7. The standard InChI is InChI=1S/C16H12N6OS/c1-10-15(21-9-18-7-14(21)24-10)16(23)13-8-22(20-19-13)12-4-2-3-11(5-12)6-17/h2-5,7-9,16,23H,1H3. The number of nitriles is 1. The molecule has 0 spiro atoms. The molecule has 1 atom stereocenters. The molecule has 0 fully saturated rings. The zero-order valence-corrected chi connectivity index (χ0v) is 13.5. The van der Waals surface area contributed by atoms with Gasteiger partial charge >= 0.3 is 0 Å². The van der Waals surface area contributed by atoms with Crippen molar-refractivity contribution >= 4 is 16.2 Å². The van der Waals surface area contributed by atoms with E-state index in [4.69, 9.17) is 5.26 Å². The van der Waals surface area contributed by atoms with Crippen LogP contribution in [0.3, 0.4) is 0 Å². The Morgan fingerprint density at radius 1 is 1.38 bits per heavy atom. The molecule has 0 radical (unpaired) electrons. The van der Waals surface area contributed by atoms with E-state index in [1.54, 1.807) is 52.9 Å². The minimum absolute atomic E-state index is 0.439. The Morgan fingerprint density at radius 3 is 3.08 bits per heavy atom. The zero-order chi connectivity index (χ0) is 16.7. The van der Waals surface area contributed by atoms with Gasteiger partial charge in [0.1, 0.15) is 23.0 Å². The first-order valence-electron chi connectivity index (χ1n) is 7.19. The van der Waals surface area contributed by atoms with E-state index in [0.717, 1.165) is 21.1 Å². The first-order valence-corrected chi connectivity index (χ1v) is 8.01. The summed E-state index contributed by atoms with van der Waals surface area (Å²) in [5.41, 5.74) is 2.44. The third-order valence-corrected chi connectivity index (χ3v) is 4.80. The number of aryl methyl sites for hydroxylation is 1. The maximum Gasteiger partial charge on any atom is 0.141 e. The number of aromatic nitrogens is 5. The van der Waals surface area contributed by atoms with E-state index >= 15 is 0 Å². The molecule has 1 unspecified atom stereocenters. The van der Waals surface area contributed by atoms with E-state index in [0.29, 0.717) is 11.3 Å². The predicted molar refractivity (Wildman–Crippen MR) is 87.9 cm³/mol. The molecule has 0 amide bonds. The molecule has 8 heteroatoms. The zero-order valence-electron chi connectivity index (χ0n) is 12.7. The molecule has 7 nitrogen and oxygen atoms in total. The second kappa shape index (κ2) is 5.56. The van der Waals surface area contributed by atoms with Crippen molar-refractivity contribution in [1.82, 2.24) is 24.4 Å². The lowest BCUT2D eigenvalue weighted by Gasteiger charge is -2.07. The van der Waals surface area contributed by atoms with Crippen LogP contribution in [-0.4, -0.2) is 29.5 Å². The Kier molecular flexibility index (Phi) is 3.37. The van der Waals surface area contributed by atoms with Gasteiger partial charge in [0.25, 0.3) is 0 Å². The van der Waals surface area contributed by atoms with Crippen LogP contribution in [0.4, 0.5) is 0 Å². The Labute approximate surface area is 141 Å². The summed E-state index contributed by atoms with van der Waals surface area (Å²) in [6.45, 7) is 1.96. The minimum atomic E-state index is -0.902. The topological polar surface area (TPSA) is 92.0 Å². The minimum Gasteiger partial charge on any atom is -0.380 e. The maximum absolute atomic E-state index is 10.7. The van der Waals surface area contributed by atoms with E-state index in [9.17, 15) is 5.11 Å². The van der Waals surface area contributed by atoms with Crippen LogP contribution in [0.5, 0.6) is 0 Å². The summed E-state index contributed by atoms with van der Waals surface area (Å²) < 4.78 is 3.41. The van der Waals surface area contributed by atoms with Crippen LogP contribution in [0.2, 0.25) is 0 Å². The van der Waals surface area contributed by atoms with Gasteiger partial charge in [0.2, 0.25) is 0 Å². The molecule has 1 aromatic carbocycles. The number of imidazole rings is 1. The average Bonchev–Trinajstić information content (AvgIpc) is 3.30. The van der Waals surface area contributed by atoms with Gasteiger partial charge in [0.15, 0.2) is 0 Å². The lowest BCUT2D eigenvalue weighted by molar-refractivity contribution is 0.208. The lowest BCUT2D eigenvalue weighted by atomic mass is 10.2. The number of hydrogen-bond acceptors (Lipinski definition) is 6. The summed E-state index contributed by atoms with van der Waals surface area (Å²) in [6, 6.07) is 9.14. The molecule has 0 saturated heterocycles. The molecule has 118 valence electrons. The number of aliphatic hydroxyl groups is 1. The highest BCUT2D eigenvalue weighted by molar-refractivity contribution is 7.17. The Bertz CT molecular complexity index is 1070. The van der Waals surface area contributed by atoms with Crippen molar-refractivity contribution in [2.75, 3.05) is 0 Å². The first kappa shape index (κ1) is 14.6. The van der Waals surface area contributed by atoms with Crippen LogP contribution in [0.15, 0.2) is 43.0 Å².